The second kappa shape index (κ2) is 9.73. The number of nitrogens with zero attached hydrogens (tertiary/aromatic N) is 1. The normalized spacial score (nSPS) is 20.2. The van der Waals surface area contributed by atoms with Crippen molar-refractivity contribution < 1.29 is 9.47 Å². The molecule has 1 aliphatic heterocycles. The summed E-state index contributed by atoms with van der Waals surface area (Å²) in [7, 11) is 3.79. The smallest absolute Gasteiger partial charge is 0.0593 e. The first kappa shape index (κ1) is 15.9. The van der Waals surface area contributed by atoms with Crippen LogP contribution in [0.1, 0.15) is 26.2 Å². The quantitative estimate of drug-likeness (QED) is 0.633. The van der Waals surface area contributed by atoms with Crippen LogP contribution in [-0.4, -0.2) is 64.6 Å². The summed E-state index contributed by atoms with van der Waals surface area (Å²) in [5.41, 5.74) is 0. The van der Waals surface area contributed by atoms with Crippen LogP contribution in [0.4, 0.5) is 0 Å². The molecule has 0 aliphatic carbocycles. The van der Waals surface area contributed by atoms with Crippen LogP contribution < -0.4 is 5.32 Å². The third-order valence-electron chi connectivity index (χ3n) is 3.98. The molecule has 1 aliphatic rings. The maximum atomic E-state index is 5.60. The molecule has 1 fully saturated rings. The second-order valence-electron chi connectivity index (χ2n) is 5.22. The van der Waals surface area contributed by atoms with Gasteiger partial charge in [0.15, 0.2) is 0 Å². The lowest BCUT2D eigenvalue weighted by molar-refractivity contribution is 0.0715. The summed E-state index contributed by atoms with van der Waals surface area (Å²) in [4.78, 5) is 2.52. The van der Waals surface area contributed by atoms with Gasteiger partial charge in [-0.15, -0.1) is 0 Å². The van der Waals surface area contributed by atoms with E-state index >= 15 is 0 Å². The van der Waals surface area contributed by atoms with Gasteiger partial charge in [-0.25, -0.2) is 0 Å². The molecule has 0 spiro atoms. The van der Waals surface area contributed by atoms with Crippen molar-refractivity contribution in [3.63, 3.8) is 0 Å². The number of nitrogens with one attached hydrogen (secondary N) is 1. The lowest BCUT2D eigenvalue weighted by Crippen LogP contribution is -2.41. The van der Waals surface area contributed by atoms with Gasteiger partial charge in [0.25, 0.3) is 0 Å². The van der Waals surface area contributed by atoms with Gasteiger partial charge in [-0.3, -0.25) is 0 Å². The number of piperidine rings is 1. The molecule has 1 N–H and O–H groups in total. The van der Waals surface area contributed by atoms with Crippen LogP contribution in [0.5, 0.6) is 0 Å². The summed E-state index contributed by atoms with van der Waals surface area (Å²) < 4.78 is 10.6. The maximum Gasteiger partial charge on any atom is 0.0593 e. The Balaban J connectivity index is 1.98. The molecule has 18 heavy (non-hydrogen) atoms. The fourth-order valence-electron chi connectivity index (χ4n) is 2.51. The minimum absolute atomic E-state index is 0.650. The van der Waals surface area contributed by atoms with Crippen LogP contribution in [0.2, 0.25) is 0 Å². The highest BCUT2D eigenvalue weighted by molar-refractivity contribution is 4.78. The van der Waals surface area contributed by atoms with E-state index in [-0.39, 0.29) is 0 Å². The molecular weight excluding hydrogens is 228 g/mol. The summed E-state index contributed by atoms with van der Waals surface area (Å²) in [5, 5.41) is 3.37. The van der Waals surface area contributed by atoms with Crippen LogP contribution >= 0.6 is 0 Å². The molecule has 108 valence electrons. The summed E-state index contributed by atoms with van der Waals surface area (Å²) in [6, 6.07) is 0.650. The van der Waals surface area contributed by atoms with Crippen molar-refractivity contribution in [3.8, 4) is 0 Å². The molecule has 0 saturated carbocycles. The second-order valence-corrected chi connectivity index (χ2v) is 5.22. The summed E-state index contributed by atoms with van der Waals surface area (Å²) in [5.74, 6) is 0.842. The van der Waals surface area contributed by atoms with Crippen molar-refractivity contribution >= 4 is 0 Å². The molecule has 0 aromatic rings. The lowest BCUT2D eigenvalue weighted by atomic mass is 9.90. The summed E-state index contributed by atoms with van der Waals surface area (Å²) in [6.07, 6.45) is 3.62. The van der Waals surface area contributed by atoms with Gasteiger partial charge in [-0.1, -0.05) is 0 Å². The third kappa shape index (κ3) is 6.14. The fourth-order valence-corrected chi connectivity index (χ4v) is 2.51. The number of ether oxygens (including phenoxy) is 2. The first-order valence-electron chi connectivity index (χ1n) is 7.24. The van der Waals surface area contributed by atoms with Gasteiger partial charge < -0.3 is 19.7 Å². The molecule has 4 nitrogen and oxygen atoms in total. The van der Waals surface area contributed by atoms with Crippen molar-refractivity contribution in [2.75, 3.05) is 53.6 Å². The summed E-state index contributed by atoms with van der Waals surface area (Å²) in [6.45, 7) is 8.29. The number of hydrogen-bond donors (Lipinski definition) is 1. The van der Waals surface area contributed by atoms with E-state index in [4.69, 9.17) is 9.47 Å². The van der Waals surface area contributed by atoms with Crippen LogP contribution in [0.15, 0.2) is 0 Å². The molecule has 0 bridgehead atoms. The van der Waals surface area contributed by atoms with Gasteiger partial charge in [0, 0.05) is 32.9 Å². The molecule has 0 aromatic heterocycles. The highest BCUT2D eigenvalue weighted by Crippen LogP contribution is 2.19. The molecule has 4 heteroatoms. The Morgan fingerprint density at radius 2 is 1.94 bits per heavy atom. The molecule has 1 atom stereocenters. The molecule has 0 radical (unpaired) electrons. The van der Waals surface area contributed by atoms with Gasteiger partial charge in [0.2, 0.25) is 0 Å². The van der Waals surface area contributed by atoms with Crippen molar-refractivity contribution in [1.29, 1.82) is 0 Å². The largest absolute Gasteiger partial charge is 0.385 e. The predicted octanol–water partition coefficient (Wildman–Crippen LogP) is 1.36. The average molecular weight is 258 g/mol. The number of rotatable bonds is 9. The maximum absolute atomic E-state index is 5.60. The highest BCUT2D eigenvalue weighted by atomic mass is 16.5. The van der Waals surface area contributed by atoms with Crippen molar-refractivity contribution in [2.24, 2.45) is 5.92 Å². The molecule has 1 heterocycles. The standard InChI is InChI=1S/C14H30N2O2/c1-13(15-2)14-5-7-16(8-6-14)9-12-18-11-4-10-17-3/h13-15H,4-12H2,1-3H3. The van der Waals surface area contributed by atoms with E-state index in [1.165, 1.54) is 25.9 Å². The Morgan fingerprint density at radius 1 is 1.22 bits per heavy atom. The number of hydrogen-bond acceptors (Lipinski definition) is 4. The Bertz CT molecular complexity index is 194. The SMILES string of the molecule is CNC(C)C1CCN(CCOCCCOC)CC1. The molecule has 1 saturated heterocycles. The van der Waals surface area contributed by atoms with Gasteiger partial charge in [-0.05, 0) is 52.2 Å². The van der Waals surface area contributed by atoms with Gasteiger partial charge in [-0.2, -0.15) is 0 Å². The van der Waals surface area contributed by atoms with Gasteiger partial charge in [0.1, 0.15) is 0 Å². The van der Waals surface area contributed by atoms with E-state index in [1.807, 2.05) is 0 Å². The summed E-state index contributed by atoms with van der Waals surface area (Å²) >= 11 is 0. The van der Waals surface area contributed by atoms with E-state index < -0.39 is 0 Å². The molecule has 1 unspecified atom stereocenters. The Kier molecular flexibility index (Phi) is 8.59. The van der Waals surface area contributed by atoms with Crippen molar-refractivity contribution in [3.05, 3.63) is 0 Å². The molecule has 1 rings (SSSR count). The average Bonchev–Trinajstić information content (AvgIpc) is 2.42. The van der Waals surface area contributed by atoms with E-state index in [0.29, 0.717) is 6.04 Å². The van der Waals surface area contributed by atoms with Crippen LogP contribution in [0.25, 0.3) is 0 Å². The van der Waals surface area contributed by atoms with E-state index in [2.05, 4.69) is 24.2 Å². The van der Waals surface area contributed by atoms with Crippen LogP contribution in [-0.2, 0) is 9.47 Å². The first-order chi connectivity index (χ1) is 8.77. The molecule has 0 aromatic carbocycles. The Hall–Kier alpha value is -0.160. The first-order valence-corrected chi connectivity index (χ1v) is 7.24. The lowest BCUT2D eigenvalue weighted by Gasteiger charge is -2.34. The van der Waals surface area contributed by atoms with Crippen molar-refractivity contribution in [2.45, 2.75) is 32.2 Å². The zero-order chi connectivity index (χ0) is 13.2. The van der Waals surface area contributed by atoms with Gasteiger partial charge in [0.05, 0.1) is 6.61 Å². The zero-order valence-electron chi connectivity index (χ0n) is 12.3. The van der Waals surface area contributed by atoms with Crippen LogP contribution in [0, 0.1) is 5.92 Å². The Morgan fingerprint density at radius 3 is 2.56 bits per heavy atom. The fraction of sp³-hybridized carbons (Fsp3) is 1.00. The zero-order valence-corrected chi connectivity index (χ0v) is 12.3. The molecular formula is C14H30N2O2. The van der Waals surface area contributed by atoms with E-state index in [1.54, 1.807) is 7.11 Å². The minimum atomic E-state index is 0.650. The predicted molar refractivity (Wildman–Crippen MR) is 75.0 cm³/mol. The molecule has 0 amide bonds. The Labute approximate surface area is 112 Å². The van der Waals surface area contributed by atoms with E-state index in [9.17, 15) is 0 Å². The van der Waals surface area contributed by atoms with Gasteiger partial charge >= 0.3 is 0 Å². The monoisotopic (exact) mass is 258 g/mol. The third-order valence-corrected chi connectivity index (χ3v) is 3.98. The number of methoxy groups -OCH3 is 1. The highest BCUT2D eigenvalue weighted by Gasteiger charge is 2.22. The number of likely N-dealkylation sites (tertiary alicyclic amines) is 1. The van der Waals surface area contributed by atoms with Crippen molar-refractivity contribution in [1.82, 2.24) is 10.2 Å². The van der Waals surface area contributed by atoms with Crippen LogP contribution in [0.3, 0.4) is 0 Å². The van der Waals surface area contributed by atoms with E-state index in [0.717, 1.165) is 38.7 Å². The minimum Gasteiger partial charge on any atom is -0.385 e. The topological polar surface area (TPSA) is 33.7 Å².